The fraction of sp³-hybridized carbons (Fsp3) is 0.316. The van der Waals surface area contributed by atoms with Crippen LogP contribution in [0.2, 0.25) is 0 Å². The summed E-state index contributed by atoms with van der Waals surface area (Å²) in [6.45, 7) is -0.0585. The van der Waals surface area contributed by atoms with Gasteiger partial charge in [-0.3, -0.25) is 0 Å². The van der Waals surface area contributed by atoms with Gasteiger partial charge < -0.3 is 14.8 Å². The number of alkyl halides is 3. The van der Waals surface area contributed by atoms with E-state index >= 15 is 0 Å². The quantitative estimate of drug-likeness (QED) is 0.701. The van der Waals surface area contributed by atoms with Gasteiger partial charge in [-0.2, -0.15) is 13.2 Å². The standard InChI is InChI=1S/C19H19F3N2O2/c20-19(21,22)14-7-2-1-6-13(14)17(26)12-24-16-9-4-3-8-15(16)23-18(24)10-5-11-25/h1-4,6-9,17,25-26H,5,10-12H2/t17-/m0/s1. The Bertz CT molecular complexity index is 890. The topological polar surface area (TPSA) is 58.3 Å². The average molecular weight is 364 g/mol. The Balaban J connectivity index is 1.99. The summed E-state index contributed by atoms with van der Waals surface area (Å²) in [5.41, 5.74) is 0.445. The molecule has 0 unspecified atom stereocenters. The molecular weight excluding hydrogens is 345 g/mol. The molecule has 1 heterocycles. The van der Waals surface area contributed by atoms with Crippen molar-refractivity contribution in [2.24, 2.45) is 0 Å². The van der Waals surface area contributed by atoms with Crippen LogP contribution in [0.4, 0.5) is 13.2 Å². The molecule has 0 saturated heterocycles. The third kappa shape index (κ3) is 3.73. The SMILES string of the molecule is OCCCc1nc2ccccc2n1C[C@H](O)c1ccccc1C(F)(F)F. The normalized spacial score (nSPS) is 13.3. The van der Waals surface area contributed by atoms with E-state index in [2.05, 4.69) is 4.98 Å². The first-order chi connectivity index (χ1) is 12.4. The number of imidazole rings is 1. The lowest BCUT2D eigenvalue weighted by Gasteiger charge is -2.19. The molecule has 0 saturated carbocycles. The summed E-state index contributed by atoms with van der Waals surface area (Å²) in [4.78, 5) is 4.49. The number of fused-ring (bicyclic) bond motifs is 1. The van der Waals surface area contributed by atoms with Gasteiger partial charge in [0.15, 0.2) is 0 Å². The molecule has 26 heavy (non-hydrogen) atoms. The Morgan fingerprint density at radius 1 is 1.04 bits per heavy atom. The molecule has 3 rings (SSSR count). The molecule has 1 atom stereocenters. The monoisotopic (exact) mass is 364 g/mol. The van der Waals surface area contributed by atoms with Crippen molar-refractivity contribution in [1.29, 1.82) is 0 Å². The number of rotatable bonds is 6. The lowest BCUT2D eigenvalue weighted by molar-refractivity contribution is -0.139. The van der Waals surface area contributed by atoms with Crippen molar-refractivity contribution < 1.29 is 23.4 Å². The van der Waals surface area contributed by atoms with Crippen LogP contribution in [0.1, 0.15) is 29.5 Å². The van der Waals surface area contributed by atoms with Crippen LogP contribution in [0, 0.1) is 0 Å². The van der Waals surface area contributed by atoms with Crippen molar-refractivity contribution in [3.63, 3.8) is 0 Å². The minimum atomic E-state index is -4.53. The van der Waals surface area contributed by atoms with Gasteiger partial charge in [-0.15, -0.1) is 0 Å². The van der Waals surface area contributed by atoms with Crippen LogP contribution in [-0.4, -0.2) is 26.4 Å². The lowest BCUT2D eigenvalue weighted by Crippen LogP contribution is -2.17. The molecule has 1 aromatic heterocycles. The molecule has 138 valence electrons. The van der Waals surface area contributed by atoms with Crippen LogP contribution >= 0.6 is 0 Å². The Labute approximate surface area is 148 Å². The smallest absolute Gasteiger partial charge is 0.396 e. The molecule has 7 heteroatoms. The Morgan fingerprint density at radius 3 is 2.46 bits per heavy atom. The molecule has 0 aliphatic carbocycles. The van der Waals surface area contributed by atoms with E-state index in [0.29, 0.717) is 24.2 Å². The second kappa shape index (κ2) is 7.47. The molecule has 2 N–H and O–H groups in total. The number of aryl methyl sites for hydroxylation is 1. The summed E-state index contributed by atoms with van der Waals surface area (Å²) in [6.07, 6.45) is -4.91. The average Bonchev–Trinajstić information content (AvgIpc) is 2.97. The highest BCUT2D eigenvalue weighted by Gasteiger charge is 2.34. The molecule has 0 radical (unpaired) electrons. The van der Waals surface area contributed by atoms with E-state index in [9.17, 15) is 18.3 Å². The number of hydrogen-bond donors (Lipinski definition) is 2. The largest absolute Gasteiger partial charge is 0.416 e. The highest BCUT2D eigenvalue weighted by atomic mass is 19.4. The van der Waals surface area contributed by atoms with Crippen molar-refractivity contribution in [1.82, 2.24) is 9.55 Å². The third-order valence-electron chi connectivity index (χ3n) is 4.27. The van der Waals surface area contributed by atoms with Crippen LogP contribution in [0.3, 0.4) is 0 Å². The highest BCUT2D eigenvalue weighted by molar-refractivity contribution is 5.75. The van der Waals surface area contributed by atoms with Gasteiger partial charge in [-0.25, -0.2) is 4.98 Å². The second-order valence-corrected chi connectivity index (χ2v) is 6.06. The molecule has 0 amide bonds. The number of benzene rings is 2. The van der Waals surface area contributed by atoms with Gasteiger partial charge in [-0.05, 0) is 30.2 Å². The predicted molar refractivity (Wildman–Crippen MR) is 91.5 cm³/mol. The van der Waals surface area contributed by atoms with Crippen molar-refractivity contribution >= 4 is 11.0 Å². The molecule has 0 spiro atoms. The molecule has 3 aromatic rings. The van der Waals surface area contributed by atoms with Crippen molar-refractivity contribution in [2.45, 2.75) is 31.7 Å². The summed E-state index contributed by atoms with van der Waals surface area (Å²) in [7, 11) is 0. The number of para-hydroxylation sites is 2. The lowest BCUT2D eigenvalue weighted by atomic mass is 10.0. The summed E-state index contributed by atoms with van der Waals surface area (Å²) >= 11 is 0. The number of nitrogens with zero attached hydrogens (tertiary/aromatic N) is 2. The zero-order valence-corrected chi connectivity index (χ0v) is 13.9. The third-order valence-corrected chi connectivity index (χ3v) is 4.27. The molecule has 0 fully saturated rings. The maximum Gasteiger partial charge on any atom is 0.416 e. The summed E-state index contributed by atoms with van der Waals surface area (Å²) in [5.74, 6) is 0.629. The Morgan fingerprint density at radius 2 is 1.73 bits per heavy atom. The number of aliphatic hydroxyl groups excluding tert-OH is 2. The van der Waals surface area contributed by atoms with Crippen LogP contribution in [-0.2, 0) is 19.1 Å². The molecule has 0 aliphatic heterocycles. The van der Waals surface area contributed by atoms with Crippen molar-refractivity contribution in [3.8, 4) is 0 Å². The van der Waals surface area contributed by atoms with Gasteiger partial charge in [0.1, 0.15) is 5.82 Å². The fourth-order valence-electron chi connectivity index (χ4n) is 3.07. The van der Waals surface area contributed by atoms with E-state index in [0.717, 1.165) is 11.6 Å². The van der Waals surface area contributed by atoms with Crippen molar-refractivity contribution in [3.05, 3.63) is 65.5 Å². The Hall–Kier alpha value is -2.38. The number of hydrogen-bond acceptors (Lipinski definition) is 3. The van der Waals surface area contributed by atoms with Gasteiger partial charge in [-0.1, -0.05) is 30.3 Å². The van der Waals surface area contributed by atoms with Gasteiger partial charge in [0.2, 0.25) is 0 Å². The zero-order valence-electron chi connectivity index (χ0n) is 13.9. The molecule has 4 nitrogen and oxygen atoms in total. The van der Waals surface area contributed by atoms with Crippen LogP contribution in [0.5, 0.6) is 0 Å². The molecule has 0 bridgehead atoms. The highest BCUT2D eigenvalue weighted by Crippen LogP contribution is 2.35. The zero-order chi connectivity index (χ0) is 18.7. The van der Waals surface area contributed by atoms with E-state index in [-0.39, 0.29) is 18.7 Å². The second-order valence-electron chi connectivity index (χ2n) is 6.06. The van der Waals surface area contributed by atoms with Gasteiger partial charge in [0.05, 0.1) is 29.2 Å². The minimum Gasteiger partial charge on any atom is -0.396 e. The number of aromatic nitrogens is 2. The summed E-state index contributed by atoms with van der Waals surface area (Å²) in [6, 6.07) is 12.3. The van der Waals surface area contributed by atoms with Gasteiger partial charge >= 0.3 is 6.18 Å². The van der Waals surface area contributed by atoms with Gasteiger partial charge in [0, 0.05) is 13.0 Å². The first-order valence-corrected chi connectivity index (χ1v) is 8.31. The minimum absolute atomic E-state index is 0.0112. The van der Waals surface area contributed by atoms with Crippen LogP contribution < -0.4 is 0 Å². The van der Waals surface area contributed by atoms with Crippen LogP contribution in [0.15, 0.2) is 48.5 Å². The predicted octanol–water partition coefficient (Wildman–Crippen LogP) is 3.71. The first kappa shape index (κ1) is 18.4. The number of aliphatic hydroxyl groups is 2. The summed E-state index contributed by atoms with van der Waals surface area (Å²) in [5, 5.41) is 19.6. The van der Waals surface area contributed by atoms with E-state index in [1.54, 1.807) is 4.57 Å². The van der Waals surface area contributed by atoms with E-state index in [1.807, 2.05) is 24.3 Å². The van der Waals surface area contributed by atoms with E-state index in [1.165, 1.54) is 18.2 Å². The maximum absolute atomic E-state index is 13.2. The fourth-order valence-corrected chi connectivity index (χ4v) is 3.07. The molecule has 2 aromatic carbocycles. The molecular formula is C19H19F3N2O2. The van der Waals surface area contributed by atoms with Gasteiger partial charge in [0.25, 0.3) is 0 Å². The maximum atomic E-state index is 13.2. The molecule has 0 aliphatic rings. The summed E-state index contributed by atoms with van der Waals surface area (Å²) < 4.78 is 41.4. The Kier molecular flexibility index (Phi) is 5.29. The van der Waals surface area contributed by atoms with Crippen molar-refractivity contribution in [2.75, 3.05) is 6.61 Å². The van der Waals surface area contributed by atoms with Crippen LogP contribution in [0.25, 0.3) is 11.0 Å². The number of halogens is 3. The first-order valence-electron chi connectivity index (χ1n) is 8.31. The van der Waals surface area contributed by atoms with E-state index in [4.69, 9.17) is 5.11 Å². The van der Waals surface area contributed by atoms with E-state index < -0.39 is 17.8 Å².